The number of esters is 1. The van der Waals surface area contributed by atoms with Crippen molar-refractivity contribution in [2.75, 3.05) is 7.11 Å². The predicted molar refractivity (Wildman–Crippen MR) is 107 cm³/mol. The number of hydrogen-bond donors (Lipinski definition) is 2. The molecule has 5 nitrogen and oxygen atoms in total. The van der Waals surface area contributed by atoms with Crippen LogP contribution >= 0.6 is 0 Å². The highest BCUT2D eigenvalue weighted by molar-refractivity contribution is 5.69. The van der Waals surface area contributed by atoms with Gasteiger partial charge in [0.05, 0.1) is 25.7 Å². The van der Waals surface area contributed by atoms with E-state index < -0.39 is 18.2 Å². The minimum Gasteiger partial charge on any atom is -0.469 e. The van der Waals surface area contributed by atoms with Crippen molar-refractivity contribution in [3.63, 3.8) is 0 Å². The van der Waals surface area contributed by atoms with Crippen molar-refractivity contribution in [2.24, 2.45) is 0 Å². The van der Waals surface area contributed by atoms with Crippen LogP contribution in [0.1, 0.15) is 58.5 Å². The van der Waals surface area contributed by atoms with E-state index in [-0.39, 0.29) is 12.8 Å². The lowest BCUT2D eigenvalue weighted by atomic mass is 9.84. The van der Waals surface area contributed by atoms with Crippen LogP contribution in [0.25, 0.3) is 0 Å². The first kappa shape index (κ1) is 20.5. The lowest BCUT2D eigenvalue weighted by Gasteiger charge is -2.24. The van der Waals surface area contributed by atoms with E-state index in [9.17, 15) is 15.0 Å². The number of ether oxygens (including phenoxy) is 1. The largest absolute Gasteiger partial charge is 0.469 e. The van der Waals surface area contributed by atoms with Crippen molar-refractivity contribution in [3.8, 4) is 0 Å². The van der Waals surface area contributed by atoms with Crippen LogP contribution in [0.15, 0.2) is 24.3 Å². The number of pyridine rings is 1. The van der Waals surface area contributed by atoms with Crippen molar-refractivity contribution in [3.05, 3.63) is 63.5 Å². The summed E-state index contributed by atoms with van der Waals surface area (Å²) >= 11 is 0. The maximum Gasteiger partial charge on any atom is 0.308 e. The Balaban J connectivity index is 1.68. The Morgan fingerprint density at radius 3 is 2.50 bits per heavy atom. The topological polar surface area (TPSA) is 79.7 Å². The molecule has 2 unspecified atom stereocenters. The van der Waals surface area contributed by atoms with Crippen molar-refractivity contribution >= 4 is 5.97 Å². The fourth-order valence-corrected chi connectivity index (χ4v) is 4.13. The van der Waals surface area contributed by atoms with E-state index in [0.29, 0.717) is 12.8 Å². The maximum atomic E-state index is 11.2. The van der Waals surface area contributed by atoms with Crippen LogP contribution in [0.5, 0.6) is 0 Å². The lowest BCUT2D eigenvalue weighted by molar-refractivity contribution is -0.143. The van der Waals surface area contributed by atoms with Crippen LogP contribution in [0, 0.1) is 13.8 Å². The number of aliphatic hydroxyl groups excluding tert-OH is 2. The third-order valence-electron chi connectivity index (χ3n) is 5.74. The number of methoxy groups -OCH3 is 1. The molecule has 1 heterocycles. The molecule has 150 valence electrons. The number of nitrogens with zero attached hydrogens (tertiary/aromatic N) is 1. The van der Waals surface area contributed by atoms with Gasteiger partial charge in [-0.25, -0.2) is 0 Å². The number of benzene rings is 1. The van der Waals surface area contributed by atoms with E-state index in [1.165, 1.54) is 34.9 Å². The van der Waals surface area contributed by atoms with E-state index in [0.717, 1.165) is 24.2 Å². The number of rotatable bonds is 7. The van der Waals surface area contributed by atoms with Crippen molar-refractivity contribution in [2.45, 2.75) is 64.6 Å². The zero-order valence-electron chi connectivity index (χ0n) is 16.9. The average molecular weight is 383 g/mol. The van der Waals surface area contributed by atoms with Gasteiger partial charge in [-0.1, -0.05) is 24.3 Å². The van der Waals surface area contributed by atoms with Gasteiger partial charge >= 0.3 is 5.97 Å². The predicted octanol–water partition coefficient (Wildman–Crippen LogP) is 2.80. The Hall–Kier alpha value is -2.24. The minimum absolute atomic E-state index is 0.0918. The van der Waals surface area contributed by atoms with Crippen LogP contribution in [0.4, 0.5) is 0 Å². The maximum absolute atomic E-state index is 11.2. The highest BCUT2D eigenvalue weighted by atomic mass is 16.5. The molecule has 1 aliphatic rings. The molecule has 0 fully saturated rings. The SMILES string of the molecule is COC(=O)CC(O)CC(O)CCc1c(C)nc2c(c1C)Cc1ccccc1C2. The third kappa shape index (κ3) is 4.59. The lowest BCUT2D eigenvalue weighted by Crippen LogP contribution is -2.22. The first-order chi connectivity index (χ1) is 13.4. The number of carbonyl (C=O) groups is 1. The summed E-state index contributed by atoms with van der Waals surface area (Å²) in [5.41, 5.74) is 8.63. The van der Waals surface area contributed by atoms with E-state index >= 15 is 0 Å². The molecule has 0 aliphatic heterocycles. The van der Waals surface area contributed by atoms with E-state index in [1.54, 1.807) is 0 Å². The van der Waals surface area contributed by atoms with E-state index in [2.05, 4.69) is 35.9 Å². The van der Waals surface area contributed by atoms with Crippen molar-refractivity contribution in [1.29, 1.82) is 0 Å². The fourth-order valence-electron chi connectivity index (χ4n) is 4.13. The molecule has 0 saturated heterocycles. The van der Waals surface area contributed by atoms with Crippen LogP contribution in [-0.4, -0.2) is 40.5 Å². The van der Waals surface area contributed by atoms with Gasteiger partial charge < -0.3 is 14.9 Å². The van der Waals surface area contributed by atoms with Gasteiger partial charge in [0, 0.05) is 17.8 Å². The molecule has 5 heteroatoms. The molecular weight excluding hydrogens is 354 g/mol. The van der Waals surface area contributed by atoms with E-state index in [1.807, 2.05) is 6.92 Å². The molecule has 0 saturated carbocycles. The second-order valence-electron chi connectivity index (χ2n) is 7.71. The van der Waals surface area contributed by atoms with Gasteiger partial charge in [0.2, 0.25) is 0 Å². The average Bonchev–Trinajstić information content (AvgIpc) is 2.66. The van der Waals surface area contributed by atoms with Crippen LogP contribution in [0.3, 0.4) is 0 Å². The summed E-state index contributed by atoms with van der Waals surface area (Å²) in [4.78, 5) is 16.1. The number of aromatic nitrogens is 1. The van der Waals surface area contributed by atoms with E-state index in [4.69, 9.17) is 4.98 Å². The summed E-state index contributed by atoms with van der Waals surface area (Å²) < 4.78 is 4.55. The van der Waals surface area contributed by atoms with Crippen LogP contribution < -0.4 is 0 Å². The molecule has 1 aromatic carbocycles. The number of hydrogen-bond acceptors (Lipinski definition) is 5. The molecule has 3 rings (SSSR count). The Labute approximate surface area is 166 Å². The number of aliphatic hydroxyl groups is 2. The van der Waals surface area contributed by atoms with Gasteiger partial charge in [-0.2, -0.15) is 0 Å². The molecule has 1 aromatic heterocycles. The van der Waals surface area contributed by atoms with Crippen molar-refractivity contribution < 1.29 is 19.7 Å². The molecule has 0 bridgehead atoms. The Bertz CT molecular complexity index is 862. The monoisotopic (exact) mass is 383 g/mol. The molecule has 0 spiro atoms. The zero-order valence-corrected chi connectivity index (χ0v) is 16.9. The van der Waals surface area contributed by atoms with Gasteiger partial charge in [0.1, 0.15) is 0 Å². The summed E-state index contributed by atoms with van der Waals surface area (Å²) in [7, 11) is 1.29. The smallest absolute Gasteiger partial charge is 0.308 e. The Kier molecular flexibility index (Phi) is 6.47. The summed E-state index contributed by atoms with van der Waals surface area (Å²) in [6.45, 7) is 4.18. The Morgan fingerprint density at radius 1 is 1.14 bits per heavy atom. The summed E-state index contributed by atoms with van der Waals surface area (Å²) in [5, 5.41) is 20.2. The molecule has 0 amide bonds. The van der Waals surface area contributed by atoms with Gasteiger partial charge in [-0.05, 0) is 67.3 Å². The van der Waals surface area contributed by atoms with Gasteiger partial charge in [-0.3, -0.25) is 9.78 Å². The fraction of sp³-hybridized carbons (Fsp3) is 0.478. The number of fused-ring (bicyclic) bond motifs is 2. The van der Waals surface area contributed by atoms with Gasteiger partial charge in [0.15, 0.2) is 0 Å². The first-order valence-corrected chi connectivity index (χ1v) is 9.86. The number of aryl methyl sites for hydroxylation is 1. The van der Waals surface area contributed by atoms with Gasteiger partial charge in [0.25, 0.3) is 0 Å². The zero-order chi connectivity index (χ0) is 20.3. The molecule has 28 heavy (non-hydrogen) atoms. The Morgan fingerprint density at radius 2 is 1.82 bits per heavy atom. The standard InChI is InChI=1S/C23H29NO4/c1-14-20(9-8-18(25)12-19(26)13-23(27)28-3)15(2)24-22-11-17-7-5-4-6-16(17)10-21(14)22/h4-7,18-19,25-26H,8-13H2,1-3H3. The molecular formula is C23H29NO4. The van der Waals surface area contributed by atoms with Gasteiger partial charge in [-0.15, -0.1) is 0 Å². The molecule has 2 N–H and O–H groups in total. The number of carbonyl (C=O) groups excluding carboxylic acids is 1. The summed E-state index contributed by atoms with van der Waals surface area (Å²) in [6.07, 6.45) is 1.51. The first-order valence-electron chi connectivity index (χ1n) is 9.86. The molecule has 0 radical (unpaired) electrons. The second kappa shape index (κ2) is 8.84. The summed E-state index contributed by atoms with van der Waals surface area (Å²) in [6, 6.07) is 8.52. The third-order valence-corrected chi connectivity index (χ3v) is 5.74. The highest BCUT2D eigenvalue weighted by Gasteiger charge is 2.22. The van der Waals surface area contributed by atoms with Crippen LogP contribution in [-0.2, 0) is 28.8 Å². The molecule has 2 atom stereocenters. The molecule has 1 aliphatic carbocycles. The van der Waals surface area contributed by atoms with Crippen molar-refractivity contribution in [1.82, 2.24) is 4.98 Å². The normalized spacial score (nSPS) is 14.8. The van der Waals surface area contributed by atoms with Crippen LogP contribution in [0.2, 0.25) is 0 Å². The minimum atomic E-state index is -0.886. The second-order valence-corrected chi connectivity index (χ2v) is 7.71. The summed E-state index contributed by atoms with van der Waals surface area (Å²) in [5.74, 6) is -0.467. The highest BCUT2D eigenvalue weighted by Crippen LogP contribution is 2.31. The quantitative estimate of drug-likeness (QED) is 0.614. The molecule has 2 aromatic rings.